The first-order valence-corrected chi connectivity index (χ1v) is 21.2. The molecule has 3 amide bonds. The van der Waals surface area contributed by atoms with Crippen molar-refractivity contribution in [3.8, 4) is 5.69 Å². The molecule has 0 saturated heterocycles. The van der Waals surface area contributed by atoms with Gasteiger partial charge in [0.25, 0.3) is 17.7 Å². The van der Waals surface area contributed by atoms with Crippen molar-refractivity contribution in [3.05, 3.63) is 141 Å². The SMILES string of the molecule is CCCCN(CCCC)C(=O)c1cc(C)n(-c2cc(CNC(=O)c3ccc4c(c3)S(=O)(=O)c3ccccc3C4=O)ccc2C(=O)N2Cc3ccccc3C[C@H]2CO)n1. The smallest absolute Gasteiger partial charge is 0.274 e. The number of carbonyl (C=O) groups is 4. The summed E-state index contributed by atoms with van der Waals surface area (Å²) < 4.78 is 28.6. The molecule has 13 heteroatoms. The number of benzene rings is 4. The summed E-state index contributed by atoms with van der Waals surface area (Å²) >= 11 is 0. The Hall–Kier alpha value is -5.92. The van der Waals surface area contributed by atoms with Crippen molar-refractivity contribution in [1.82, 2.24) is 24.9 Å². The van der Waals surface area contributed by atoms with Crippen molar-refractivity contribution < 1.29 is 32.7 Å². The third-order valence-corrected chi connectivity index (χ3v) is 12.8. The van der Waals surface area contributed by atoms with Gasteiger partial charge in [0, 0.05) is 48.6 Å². The van der Waals surface area contributed by atoms with Crippen molar-refractivity contribution in [3.63, 3.8) is 0 Å². The molecule has 0 fully saturated rings. The van der Waals surface area contributed by atoms with Gasteiger partial charge in [-0.3, -0.25) is 19.2 Å². The first-order valence-electron chi connectivity index (χ1n) is 19.8. The monoisotopic (exact) mass is 801 g/mol. The lowest BCUT2D eigenvalue weighted by Crippen LogP contribution is -2.46. The summed E-state index contributed by atoms with van der Waals surface area (Å²) in [5, 5.41) is 18.0. The minimum absolute atomic E-state index is 0.00380. The van der Waals surface area contributed by atoms with Crippen molar-refractivity contribution >= 4 is 33.3 Å². The van der Waals surface area contributed by atoms with Crippen molar-refractivity contribution in [1.29, 1.82) is 0 Å². The second-order valence-corrected chi connectivity index (χ2v) is 16.8. The van der Waals surface area contributed by atoms with E-state index in [1.807, 2.05) is 36.1 Å². The summed E-state index contributed by atoms with van der Waals surface area (Å²) in [6.45, 7) is 7.27. The number of aliphatic hydroxyl groups is 1. The molecule has 300 valence electrons. The molecule has 1 aromatic heterocycles. The molecule has 1 atom stereocenters. The van der Waals surface area contributed by atoms with Crippen LogP contribution in [0.4, 0.5) is 0 Å². The van der Waals surface area contributed by atoms with Gasteiger partial charge in [-0.1, -0.05) is 69.2 Å². The van der Waals surface area contributed by atoms with Crippen molar-refractivity contribution in [2.75, 3.05) is 19.7 Å². The summed E-state index contributed by atoms with van der Waals surface area (Å²) in [7, 11) is -4.05. The third-order valence-electron chi connectivity index (χ3n) is 11.0. The van der Waals surface area contributed by atoms with E-state index in [2.05, 4.69) is 19.2 Å². The number of nitrogens with zero attached hydrogens (tertiary/aromatic N) is 4. The first-order chi connectivity index (χ1) is 28.0. The predicted octanol–water partition coefficient (Wildman–Crippen LogP) is 6.09. The number of carbonyl (C=O) groups excluding carboxylic acids is 4. The molecular weight excluding hydrogens is 755 g/mol. The minimum Gasteiger partial charge on any atom is -0.394 e. The van der Waals surface area contributed by atoms with Crippen LogP contribution in [0.3, 0.4) is 0 Å². The quantitative estimate of drug-likeness (QED) is 0.142. The topological polar surface area (TPSA) is 159 Å². The minimum atomic E-state index is -4.05. The van der Waals surface area contributed by atoms with Crippen LogP contribution >= 0.6 is 0 Å². The summed E-state index contributed by atoms with van der Waals surface area (Å²) in [5.74, 6) is -1.50. The van der Waals surface area contributed by atoms with E-state index in [0.717, 1.165) is 36.8 Å². The van der Waals surface area contributed by atoms with E-state index in [0.29, 0.717) is 48.6 Å². The molecular formula is C45H47N5O7S. The molecule has 7 rings (SSSR count). The van der Waals surface area contributed by atoms with Crippen LogP contribution in [0, 0.1) is 6.92 Å². The zero-order valence-electron chi connectivity index (χ0n) is 32.9. The molecule has 3 heterocycles. The Morgan fingerprint density at radius 3 is 2.28 bits per heavy atom. The number of aryl methyl sites for hydroxylation is 1. The van der Waals surface area contributed by atoms with Crippen LogP contribution in [-0.4, -0.2) is 82.3 Å². The number of hydrogen-bond donors (Lipinski definition) is 2. The van der Waals surface area contributed by atoms with Gasteiger partial charge in [-0.25, -0.2) is 13.1 Å². The number of unbranched alkanes of at least 4 members (excludes halogenated alkanes) is 2. The molecule has 12 nitrogen and oxygen atoms in total. The average Bonchev–Trinajstić information content (AvgIpc) is 3.64. The molecule has 4 aromatic carbocycles. The predicted molar refractivity (Wildman–Crippen MR) is 218 cm³/mol. The van der Waals surface area contributed by atoms with Gasteiger partial charge < -0.3 is 20.2 Å². The molecule has 5 aromatic rings. The molecule has 0 spiro atoms. The molecule has 0 unspecified atom stereocenters. The molecule has 0 saturated carbocycles. The molecule has 2 aliphatic rings. The van der Waals surface area contributed by atoms with Crippen LogP contribution in [0.2, 0.25) is 0 Å². The highest BCUT2D eigenvalue weighted by Crippen LogP contribution is 2.35. The van der Waals surface area contributed by atoms with E-state index in [1.165, 1.54) is 30.3 Å². The highest BCUT2D eigenvalue weighted by Gasteiger charge is 2.35. The van der Waals surface area contributed by atoms with Gasteiger partial charge in [0.05, 0.1) is 33.7 Å². The fourth-order valence-corrected chi connectivity index (χ4v) is 9.37. The number of aromatic nitrogens is 2. The summed E-state index contributed by atoms with van der Waals surface area (Å²) in [6.07, 6.45) is 4.09. The lowest BCUT2D eigenvalue weighted by molar-refractivity contribution is 0.0543. The van der Waals surface area contributed by atoms with Crippen LogP contribution in [0.15, 0.2) is 101 Å². The van der Waals surface area contributed by atoms with E-state index in [1.54, 1.807) is 46.0 Å². The van der Waals surface area contributed by atoms with Gasteiger partial charge in [-0.05, 0) is 91.4 Å². The first kappa shape index (κ1) is 40.3. The fourth-order valence-electron chi connectivity index (χ4n) is 7.69. The maximum absolute atomic E-state index is 14.6. The van der Waals surface area contributed by atoms with Gasteiger partial charge in [-0.2, -0.15) is 5.10 Å². The summed E-state index contributed by atoms with van der Waals surface area (Å²) in [6, 6.07) is 24.3. The lowest BCUT2D eigenvalue weighted by atomic mass is 9.93. The molecule has 0 bridgehead atoms. The number of hydrogen-bond acceptors (Lipinski definition) is 8. The second-order valence-electron chi connectivity index (χ2n) is 14.9. The van der Waals surface area contributed by atoms with Crippen LogP contribution in [0.5, 0.6) is 0 Å². The molecule has 0 aliphatic carbocycles. The average molecular weight is 802 g/mol. The Bertz CT molecular complexity index is 2520. The molecule has 58 heavy (non-hydrogen) atoms. The lowest BCUT2D eigenvalue weighted by Gasteiger charge is -2.36. The number of amides is 3. The number of sulfone groups is 1. The molecule has 2 aliphatic heterocycles. The summed E-state index contributed by atoms with van der Waals surface area (Å²) in [4.78, 5) is 58.3. The van der Waals surface area contributed by atoms with Gasteiger partial charge >= 0.3 is 0 Å². The van der Waals surface area contributed by atoms with Gasteiger partial charge in [-0.15, -0.1) is 0 Å². The zero-order chi connectivity index (χ0) is 41.1. The zero-order valence-corrected chi connectivity index (χ0v) is 33.7. The Balaban J connectivity index is 1.21. The number of aliphatic hydroxyl groups excluding tert-OH is 1. The van der Waals surface area contributed by atoms with E-state index >= 15 is 0 Å². The number of ketones is 1. The van der Waals surface area contributed by atoms with Crippen molar-refractivity contribution in [2.24, 2.45) is 0 Å². The number of fused-ring (bicyclic) bond motifs is 3. The normalized spacial score (nSPS) is 15.3. The van der Waals surface area contributed by atoms with E-state index in [-0.39, 0.29) is 57.1 Å². The van der Waals surface area contributed by atoms with Crippen LogP contribution in [-0.2, 0) is 29.3 Å². The highest BCUT2D eigenvalue weighted by molar-refractivity contribution is 7.91. The molecule has 2 N–H and O–H groups in total. The van der Waals surface area contributed by atoms with Gasteiger partial charge in [0.1, 0.15) is 0 Å². The second kappa shape index (κ2) is 16.9. The largest absolute Gasteiger partial charge is 0.394 e. The van der Waals surface area contributed by atoms with E-state index < -0.39 is 27.6 Å². The highest BCUT2D eigenvalue weighted by atomic mass is 32.2. The Morgan fingerprint density at radius 1 is 0.862 bits per heavy atom. The maximum Gasteiger partial charge on any atom is 0.274 e. The van der Waals surface area contributed by atoms with Crippen LogP contribution < -0.4 is 5.32 Å². The van der Waals surface area contributed by atoms with E-state index in [4.69, 9.17) is 5.10 Å². The van der Waals surface area contributed by atoms with E-state index in [9.17, 15) is 32.7 Å². The van der Waals surface area contributed by atoms with Crippen LogP contribution in [0.1, 0.15) is 109 Å². The van der Waals surface area contributed by atoms with Gasteiger partial charge in [0.2, 0.25) is 9.84 Å². The standard InChI is InChI=1S/C45H47N5O7S/c1-4-6-20-48(21-7-5-2)45(55)38-22-29(3)50(47-38)39-23-30(16-18-35(39)44(54)49-27-33-13-9-8-12-31(33)24-34(49)28-51)26-46-43(53)32-17-19-37-41(25-32)58(56,57)40-15-11-10-14-36(40)42(37)52/h8-19,22-23,25,34,51H,4-7,20-21,24,26-28H2,1-3H3,(H,46,53)/t34-/m0/s1. The van der Waals surface area contributed by atoms with Gasteiger partial charge in [0.15, 0.2) is 11.5 Å². The maximum atomic E-state index is 14.6. The van der Waals surface area contributed by atoms with Crippen LogP contribution in [0.25, 0.3) is 5.69 Å². The Morgan fingerprint density at radius 2 is 1.55 bits per heavy atom. The van der Waals surface area contributed by atoms with Crippen molar-refractivity contribution in [2.45, 2.75) is 81.8 Å². The third kappa shape index (κ3) is 7.71. The summed E-state index contributed by atoms with van der Waals surface area (Å²) in [5.41, 5.74) is 4.41. The Kier molecular flexibility index (Phi) is 11.7. The molecule has 0 radical (unpaired) electrons. The number of nitrogens with one attached hydrogen (secondary N) is 1. The Labute approximate surface area is 338 Å². The number of rotatable bonds is 13. The fraction of sp³-hybridized carbons (Fsp3) is 0.311.